The molecule has 0 heterocycles. The van der Waals surface area contributed by atoms with E-state index in [0.29, 0.717) is 25.9 Å². The van der Waals surface area contributed by atoms with Gasteiger partial charge in [0, 0.05) is 6.54 Å². The number of nitrogens with two attached hydrogens (primary N) is 1. The van der Waals surface area contributed by atoms with Crippen molar-refractivity contribution in [3.8, 4) is 5.75 Å². The molecule has 0 aliphatic rings. The van der Waals surface area contributed by atoms with Gasteiger partial charge >= 0.3 is 0 Å². The summed E-state index contributed by atoms with van der Waals surface area (Å²) in [6.07, 6.45) is 0.504. The van der Waals surface area contributed by atoms with Crippen molar-refractivity contribution in [2.24, 2.45) is 5.73 Å². The second-order valence-corrected chi connectivity index (χ2v) is 3.88. The molecule has 3 N–H and O–H groups in total. The molecule has 0 bridgehead atoms. The fourth-order valence-corrected chi connectivity index (χ4v) is 1.44. The molecule has 1 unspecified atom stereocenters. The molecule has 1 aromatic carbocycles. The van der Waals surface area contributed by atoms with E-state index in [-0.39, 0.29) is 11.7 Å². The van der Waals surface area contributed by atoms with E-state index >= 15 is 0 Å². The van der Waals surface area contributed by atoms with Crippen molar-refractivity contribution in [2.75, 3.05) is 13.1 Å². The lowest BCUT2D eigenvalue weighted by molar-refractivity contribution is -0.128. The predicted octanol–water partition coefficient (Wildman–Crippen LogP) is 1.45. The first-order valence-corrected chi connectivity index (χ1v) is 6.08. The minimum atomic E-state index is -0.681. The molecule has 0 radical (unpaired) electrons. The summed E-state index contributed by atoms with van der Waals surface area (Å²) in [6, 6.07) is 6.04. The van der Waals surface area contributed by atoms with Crippen LogP contribution >= 0.6 is 0 Å². The average Bonchev–Trinajstić information content (AvgIpc) is 2.38. The van der Waals surface area contributed by atoms with Crippen LogP contribution in [0.4, 0.5) is 4.39 Å². The molecule has 0 fully saturated rings. The fraction of sp³-hybridized carbons (Fsp3) is 0.462. The van der Waals surface area contributed by atoms with E-state index in [9.17, 15) is 9.18 Å². The van der Waals surface area contributed by atoms with Crippen LogP contribution in [0.25, 0.3) is 0 Å². The van der Waals surface area contributed by atoms with Gasteiger partial charge in [0.25, 0.3) is 5.91 Å². The Hall–Kier alpha value is -1.62. The van der Waals surface area contributed by atoms with Crippen LogP contribution in [0.15, 0.2) is 24.3 Å². The Bertz CT molecular complexity index is 385. The lowest BCUT2D eigenvalue weighted by atomic mass is 10.2. The molecule has 0 aliphatic carbocycles. The summed E-state index contributed by atoms with van der Waals surface area (Å²) in [5, 5.41) is 2.71. The zero-order valence-electron chi connectivity index (χ0n) is 10.5. The summed E-state index contributed by atoms with van der Waals surface area (Å²) in [6.45, 7) is 2.84. The topological polar surface area (TPSA) is 64.3 Å². The quantitative estimate of drug-likeness (QED) is 0.724. The molecule has 0 saturated carbocycles. The van der Waals surface area contributed by atoms with E-state index < -0.39 is 11.9 Å². The Morgan fingerprint density at radius 1 is 1.50 bits per heavy atom. The van der Waals surface area contributed by atoms with Gasteiger partial charge in [-0.2, -0.15) is 0 Å². The Labute approximate surface area is 106 Å². The summed E-state index contributed by atoms with van der Waals surface area (Å²) < 4.78 is 18.8. The summed E-state index contributed by atoms with van der Waals surface area (Å²) in [4.78, 5) is 11.8. The molecule has 100 valence electrons. The van der Waals surface area contributed by atoms with Gasteiger partial charge in [-0.1, -0.05) is 19.1 Å². The van der Waals surface area contributed by atoms with Gasteiger partial charge in [0.05, 0.1) is 0 Å². The zero-order chi connectivity index (χ0) is 13.4. The Morgan fingerprint density at radius 2 is 2.22 bits per heavy atom. The SMILES string of the molecule is CCC(Oc1ccccc1F)C(=O)NCCCN. The molecule has 1 atom stereocenters. The standard InChI is InChI=1S/C13H19FN2O2/c1-2-11(13(17)16-9-5-8-15)18-12-7-4-3-6-10(12)14/h3-4,6-7,11H,2,5,8-9,15H2,1H3,(H,16,17). The number of rotatable bonds is 7. The molecule has 0 saturated heterocycles. The van der Waals surface area contributed by atoms with Gasteiger partial charge in [-0.15, -0.1) is 0 Å². The van der Waals surface area contributed by atoms with Crippen LogP contribution in [-0.2, 0) is 4.79 Å². The van der Waals surface area contributed by atoms with Gasteiger partial charge < -0.3 is 15.8 Å². The van der Waals surface area contributed by atoms with Crippen LogP contribution in [0.5, 0.6) is 5.75 Å². The van der Waals surface area contributed by atoms with Crippen LogP contribution in [0.2, 0.25) is 0 Å². The number of halogens is 1. The van der Waals surface area contributed by atoms with Crippen molar-refractivity contribution >= 4 is 5.91 Å². The second-order valence-electron chi connectivity index (χ2n) is 3.88. The number of carbonyl (C=O) groups excluding carboxylic acids is 1. The highest BCUT2D eigenvalue weighted by molar-refractivity contribution is 5.81. The molecular formula is C13H19FN2O2. The Balaban J connectivity index is 2.56. The van der Waals surface area contributed by atoms with E-state index in [1.165, 1.54) is 12.1 Å². The number of hydrogen-bond donors (Lipinski definition) is 2. The molecule has 1 amide bonds. The average molecular weight is 254 g/mol. The normalized spacial score (nSPS) is 11.9. The van der Waals surface area contributed by atoms with Crippen LogP contribution in [0.1, 0.15) is 19.8 Å². The van der Waals surface area contributed by atoms with E-state index in [1.807, 2.05) is 6.92 Å². The Morgan fingerprint density at radius 3 is 2.83 bits per heavy atom. The molecule has 0 aromatic heterocycles. The molecular weight excluding hydrogens is 235 g/mol. The van der Waals surface area contributed by atoms with Crippen LogP contribution in [-0.4, -0.2) is 25.1 Å². The first kappa shape index (κ1) is 14.4. The maximum absolute atomic E-state index is 13.4. The number of amides is 1. The van der Waals surface area contributed by atoms with Crippen molar-refractivity contribution in [3.05, 3.63) is 30.1 Å². The Kier molecular flexibility index (Phi) is 6.14. The van der Waals surface area contributed by atoms with Gasteiger partial charge in [0.15, 0.2) is 17.7 Å². The monoisotopic (exact) mass is 254 g/mol. The minimum absolute atomic E-state index is 0.0957. The molecule has 1 rings (SSSR count). The van der Waals surface area contributed by atoms with Crippen molar-refractivity contribution in [3.63, 3.8) is 0 Å². The first-order valence-electron chi connectivity index (χ1n) is 6.08. The van der Waals surface area contributed by atoms with E-state index in [0.717, 1.165) is 0 Å². The first-order chi connectivity index (χ1) is 8.69. The smallest absolute Gasteiger partial charge is 0.261 e. The van der Waals surface area contributed by atoms with Crippen molar-refractivity contribution in [1.29, 1.82) is 0 Å². The van der Waals surface area contributed by atoms with Crippen molar-refractivity contribution < 1.29 is 13.9 Å². The van der Waals surface area contributed by atoms with Gasteiger partial charge in [-0.25, -0.2) is 4.39 Å². The number of para-hydroxylation sites is 1. The number of nitrogens with one attached hydrogen (secondary N) is 1. The third-order valence-electron chi connectivity index (χ3n) is 2.45. The predicted molar refractivity (Wildman–Crippen MR) is 67.8 cm³/mol. The van der Waals surface area contributed by atoms with Crippen molar-refractivity contribution in [2.45, 2.75) is 25.9 Å². The van der Waals surface area contributed by atoms with Gasteiger partial charge in [-0.05, 0) is 31.5 Å². The highest BCUT2D eigenvalue weighted by Gasteiger charge is 2.18. The van der Waals surface area contributed by atoms with Gasteiger partial charge in [0.1, 0.15) is 0 Å². The second kappa shape index (κ2) is 7.66. The lowest BCUT2D eigenvalue weighted by Crippen LogP contribution is -2.39. The molecule has 1 aromatic rings. The minimum Gasteiger partial charge on any atom is -0.478 e. The highest BCUT2D eigenvalue weighted by Crippen LogP contribution is 2.18. The van der Waals surface area contributed by atoms with Gasteiger partial charge in [-0.3, -0.25) is 4.79 Å². The number of ether oxygens (including phenoxy) is 1. The third-order valence-corrected chi connectivity index (χ3v) is 2.45. The van der Waals surface area contributed by atoms with E-state index in [1.54, 1.807) is 12.1 Å². The largest absolute Gasteiger partial charge is 0.478 e. The summed E-state index contributed by atoms with van der Waals surface area (Å²) >= 11 is 0. The molecule has 0 aliphatic heterocycles. The maximum atomic E-state index is 13.4. The van der Waals surface area contributed by atoms with Crippen LogP contribution in [0.3, 0.4) is 0 Å². The van der Waals surface area contributed by atoms with Crippen LogP contribution < -0.4 is 15.8 Å². The summed E-state index contributed by atoms with van der Waals surface area (Å²) in [5.74, 6) is -0.613. The number of carbonyl (C=O) groups is 1. The maximum Gasteiger partial charge on any atom is 0.261 e. The van der Waals surface area contributed by atoms with Crippen molar-refractivity contribution in [1.82, 2.24) is 5.32 Å². The molecule has 0 spiro atoms. The lowest BCUT2D eigenvalue weighted by Gasteiger charge is -2.17. The van der Waals surface area contributed by atoms with Gasteiger partial charge in [0.2, 0.25) is 0 Å². The van der Waals surface area contributed by atoms with Crippen LogP contribution in [0, 0.1) is 5.82 Å². The fourth-order valence-electron chi connectivity index (χ4n) is 1.44. The number of benzene rings is 1. The molecule has 5 heteroatoms. The molecule has 4 nitrogen and oxygen atoms in total. The van der Waals surface area contributed by atoms with E-state index in [2.05, 4.69) is 5.32 Å². The molecule has 18 heavy (non-hydrogen) atoms. The zero-order valence-corrected chi connectivity index (χ0v) is 10.5. The third kappa shape index (κ3) is 4.33. The van der Waals surface area contributed by atoms with E-state index in [4.69, 9.17) is 10.5 Å². The summed E-state index contributed by atoms with van der Waals surface area (Å²) in [7, 11) is 0. The summed E-state index contributed by atoms with van der Waals surface area (Å²) in [5.41, 5.74) is 5.33. The highest BCUT2D eigenvalue weighted by atomic mass is 19.1. The number of hydrogen-bond acceptors (Lipinski definition) is 3.